The molecule has 0 heterocycles. The van der Waals surface area contributed by atoms with Crippen LogP contribution in [0.4, 0.5) is 14.5 Å². The Hall–Kier alpha value is -1.75. The number of hydrogen-bond acceptors (Lipinski definition) is 2. The molecule has 2 N–H and O–H groups in total. The van der Waals surface area contributed by atoms with Gasteiger partial charge in [-0.05, 0) is 24.3 Å². The van der Waals surface area contributed by atoms with Gasteiger partial charge < -0.3 is 5.73 Å². The molecule has 0 aromatic heterocycles. The second kappa shape index (κ2) is 5.27. The molecule has 0 radical (unpaired) electrons. The summed E-state index contributed by atoms with van der Waals surface area (Å²) in [6.45, 7) is 0. The summed E-state index contributed by atoms with van der Waals surface area (Å²) in [6, 6.07) is 9.84. The minimum absolute atomic E-state index is 0.00440. The third-order valence-electron chi connectivity index (χ3n) is 2.42. The molecule has 0 aliphatic carbocycles. The third-order valence-corrected chi connectivity index (χ3v) is 3.78. The second-order valence-corrected chi connectivity index (χ2v) is 5.25. The first-order valence-corrected chi connectivity index (χ1v) is 6.56. The van der Waals surface area contributed by atoms with E-state index in [0.717, 1.165) is 12.1 Å². The highest BCUT2D eigenvalue weighted by molar-refractivity contribution is 7.84. The highest BCUT2D eigenvalue weighted by Crippen LogP contribution is 2.17. The summed E-state index contributed by atoms with van der Waals surface area (Å²) in [7, 11) is -1.40. The third kappa shape index (κ3) is 2.92. The van der Waals surface area contributed by atoms with Crippen LogP contribution in [-0.4, -0.2) is 4.21 Å². The van der Waals surface area contributed by atoms with Crippen molar-refractivity contribution in [2.45, 2.75) is 10.6 Å². The van der Waals surface area contributed by atoms with Crippen LogP contribution in [0.5, 0.6) is 0 Å². The van der Waals surface area contributed by atoms with Gasteiger partial charge in [-0.25, -0.2) is 8.78 Å². The summed E-state index contributed by atoms with van der Waals surface area (Å²) in [5.41, 5.74) is 6.30. The minimum Gasteiger partial charge on any atom is -0.399 e. The number of halogens is 2. The lowest BCUT2D eigenvalue weighted by Gasteiger charge is -2.05. The lowest BCUT2D eigenvalue weighted by molar-refractivity contribution is 0.576. The van der Waals surface area contributed by atoms with Gasteiger partial charge in [-0.15, -0.1) is 0 Å². The Morgan fingerprint density at radius 3 is 2.56 bits per heavy atom. The van der Waals surface area contributed by atoms with Gasteiger partial charge in [0.05, 0.1) is 16.6 Å². The van der Waals surface area contributed by atoms with Crippen LogP contribution in [-0.2, 0) is 16.6 Å². The summed E-state index contributed by atoms with van der Waals surface area (Å²) in [4.78, 5) is 0.527. The van der Waals surface area contributed by atoms with E-state index in [1.807, 2.05) is 0 Å². The molecule has 0 saturated carbocycles. The number of anilines is 1. The molecule has 0 saturated heterocycles. The zero-order chi connectivity index (χ0) is 13.1. The van der Waals surface area contributed by atoms with Crippen molar-refractivity contribution in [2.75, 3.05) is 5.73 Å². The van der Waals surface area contributed by atoms with Crippen molar-refractivity contribution in [1.82, 2.24) is 0 Å². The van der Waals surface area contributed by atoms with Crippen molar-refractivity contribution in [1.29, 1.82) is 0 Å². The van der Waals surface area contributed by atoms with Crippen LogP contribution in [0.1, 0.15) is 5.56 Å². The Kier molecular flexibility index (Phi) is 3.72. The highest BCUT2D eigenvalue weighted by atomic mass is 32.2. The first-order valence-electron chi connectivity index (χ1n) is 5.24. The molecule has 0 fully saturated rings. The van der Waals surface area contributed by atoms with E-state index < -0.39 is 22.4 Å². The molecule has 0 bridgehead atoms. The van der Waals surface area contributed by atoms with Crippen molar-refractivity contribution < 1.29 is 13.0 Å². The Morgan fingerprint density at radius 1 is 1.11 bits per heavy atom. The fourth-order valence-electron chi connectivity index (χ4n) is 1.52. The summed E-state index contributed by atoms with van der Waals surface area (Å²) in [5, 5.41) is 0. The maximum atomic E-state index is 13.4. The Morgan fingerprint density at radius 2 is 1.89 bits per heavy atom. The first-order chi connectivity index (χ1) is 8.56. The number of nitrogen functional groups attached to an aromatic ring is 1. The van der Waals surface area contributed by atoms with Crippen LogP contribution in [0.2, 0.25) is 0 Å². The van der Waals surface area contributed by atoms with Gasteiger partial charge in [0.2, 0.25) is 0 Å². The average molecular weight is 267 g/mol. The average Bonchev–Trinajstić information content (AvgIpc) is 2.32. The number of hydrogen-bond donors (Lipinski definition) is 1. The van der Waals surface area contributed by atoms with Gasteiger partial charge in [-0.3, -0.25) is 4.21 Å². The van der Waals surface area contributed by atoms with Crippen molar-refractivity contribution in [2.24, 2.45) is 0 Å². The number of nitrogens with two attached hydrogens (primary N) is 1. The van der Waals surface area contributed by atoms with Crippen LogP contribution in [0.3, 0.4) is 0 Å². The van der Waals surface area contributed by atoms with Gasteiger partial charge in [0.25, 0.3) is 0 Å². The van der Waals surface area contributed by atoms with E-state index >= 15 is 0 Å². The molecule has 0 aliphatic rings. The van der Waals surface area contributed by atoms with Crippen LogP contribution < -0.4 is 5.73 Å². The Balaban J connectivity index is 2.21. The van der Waals surface area contributed by atoms with Crippen molar-refractivity contribution in [3.8, 4) is 0 Å². The van der Waals surface area contributed by atoms with Gasteiger partial charge in [0.15, 0.2) is 0 Å². The molecule has 0 aliphatic heterocycles. The van der Waals surface area contributed by atoms with E-state index in [2.05, 4.69) is 0 Å². The summed E-state index contributed by atoms with van der Waals surface area (Å²) in [6.07, 6.45) is 0. The van der Waals surface area contributed by atoms with E-state index in [0.29, 0.717) is 10.6 Å². The monoisotopic (exact) mass is 267 g/mol. The van der Waals surface area contributed by atoms with Gasteiger partial charge in [0, 0.05) is 22.2 Å². The lowest BCUT2D eigenvalue weighted by atomic mass is 10.2. The number of rotatable bonds is 3. The Bertz CT molecular complexity index is 601. The molecule has 1 unspecified atom stereocenters. The molecule has 2 aromatic rings. The quantitative estimate of drug-likeness (QED) is 0.869. The van der Waals surface area contributed by atoms with E-state index in [9.17, 15) is 13.0 Å². The van der Waals surface area contributed by atoms with E-state index in [1.165, 1.54) is 6.07 Å². The first kappa shape index (κ1) is 12.7. The molecule has 1 atom stereocenters. The topological polar surface area (TPSA) is 43.1 Å². The predicted molar refractivity (Wildman–Crippen MR) is 67.3 cm³/mol. The van der Waals surface area contributed by atoms with E-state index in [4.69, 9.17) is 5.73 Å². The highest BCUT2D eigenvalue weighted by Gasteiger charge is 2.10. The largest absolute Gasteiger partial charge is 0.399 e. The van der Waals surface area contributed by atoms with Gasteiger partial charge in [0.1, 0.15) is 11.6 Å². The minimum atomic E-state index is -1.40. The zero-order valence-electron chi connectivity index (χ0n) is 9.40. The zero-order valence-corrected chi connectivity index (χ0v) is 10.2. The lowest BCUT2D eigenvalue weighted by Crippen LogP contribution is -2.00. The van der Waals surface area contributed by atoms with Crippen molar-refractivity contribution >= 4 is 16.5 Å². The summed E-state index contributed by atoms with van der Waals surface area (Å²) < 4.78 is 38.1. The molecular formula is C13H11F2NOS. The van der Waals surface area contributed by atoms with Gasteiger partial charge in [-0.1, -0.05) is 12.1 Å². The molecule has 2 rings (SSSR count). The maximum absolute atomic E-state index is 13.4. The van der Waals surface area contributed by atoms with E-state index in [1.54, 1.807) is 24.3 Å². The molecule has 5 heteroatoms. The molecule has 2 aromatic carbocycles. The van der Waals surface area contributed by atoms with Crippen molar-refractivity contribution in [3.63, 3.8) is 0 Å². The fraction of sp³-hybridized carbons (Fsp3) is 0.0769. The normalized spacial score (nSPS) is 12.3. The van der Waals surface area contributed by atoms with Crippen LogP contribution in [0.25, 0.3) is 0 Å². The van der Waals surface area contributed by atoms with Crippen LogP contribution in [0, 0.1) is 11.6 Å². The molecule has 94 valence electrons. The van der Waals surface area contributed by atoms with E-state index in [-0.39, 0.29) is 11.3 Å². The molecule has 0 spiro atoms. The summed E-state index contributed by atoms with van der Waals surface area (Å²) in [5.74, 6) is -1.34. The van der Waals surface area contributed by atoms with Crippen LogP contribution in [0.15, 0.2) is 47.4 Å². The molecular weight excluding hydrogens is 256 g/mol. The van der Waals surface area contributed by atoms with Crippen molar-refractivity contribution in [3.05, 3.63) is 59.7 Å². The Labute approximate surface area is 106 Å². The standard InChI is InChI=1S/C13H11F2NOS/c14-10-5-4-9(13(15)6-10)8-18(17)12-3-1-2-11(16)7-12/h1-7H,8,16H2. The predicted octanol–water partition coefficient (Wildman–Crippen LogP) is 2.85. The number of benzene rings is 2. The fourth-order valence-corrected chi connectivity index (χ4v) is 2.70. The van der Waals surface area contributed by atoms with Gasteiger partial charge in [-0.2, -0.15) is 0 Å². The van der Waals surface area contributed by atoms with Crippen LogP contribution >= 0.6 is 0 Å². The summed E-state index contributed by atoms with van der Waals surface area (Å²) >= 11 is 0. The molecule has 2 nitrogen and oxygen atoms in total. The van der Waals surface area contributed by atoms with Gasteiger partial charge >= 0.3 is 0 Å². The second-order valence-electron chi connectivity index (χ2n) is 3.80. The smallest absolute Gasteiger partial charge is 0.130 e. The molecule has 0 amide bonds. The SMILES string of the molecule is Nc1cccc(S(=O)Cc2ccc(F)cc2F)c1. The maximum Gasteiger partial charge on any atom is 0.130 e. The molecule has 18 heavy (non-hydrogen) atoms.